The fourth-order valence-electron chi connectivity index (χ4n) is 2.90. The van der Waals surface area contributed by atoms with Crippen molar-refractivity contribution >= 4 is 29.5 Å². The highest BCUT2D eigenvalue weighted by Crippen LogP contribution is 2.22. The molecule has 2 aromatic rings. The smallest absolute Gasteiger partial charge is 0.337 e. The van der Waals surface area contributed by atoms with E-state index in [0.29, 0.717) is 28.8 Å². The molecule has 0 saturated carbocycles. The predicted octanol–water partition coefficient (Wildman–Crippen LogP) is 2.28. The van der Waals surface area contributed by atoms with Gasteiger partial charge in [0.2, 0.25) is 0 Å². The first-order valence-electron chi connectivity index (χ1n) is 8.69. The van der Waals surface area contributed by atoms with Crippen LogP contribution in [0, 0.1) is 0 Å². The van der Waals surface area contributed by atoms with Crippen LogP contribution in [0.4, 0.5) is 10.5 Å². The molecule has 0 spiro atoms. The van der Waals surface area contributed by atoms with Crippen LogP contribution in [-0.2, 0) is 4.74 Å². The molecule has 0 aliphatic carbocycles. The van der Waals surface area contributed by atoms with Crippen LogP contribution in [0.3, 0.4) is 0 Å². The number of rotatable bonds is 6. The Bertz CT molecular complexity index is 906. The van der Waals surface area contributed by atoms with Gasteiger partial charge in [-0.25, -0.2) is 9.59 Å². The maximum atomic E-state index is 12.3. The summed E-state index contributed by atoms with van der Waals surface area (Å²) in [5.41, 5.74) is 1.58. The van der Waals surface area contributed by atoms with Gasteiger partial charge >= 0.3 is 12.0 Å². The Morgan fingerprint density at radius 2 is 1.68 bits per heavy atom. The van der Waals surface area contributed by atoms with Gasteiger partial charge in [0.15, 0.2) is 0 Å². The summed E-state index contributed by atoms with van der Waals surface area (Å²) < 4.78 is 4.64. The van der Waals surface area contributed by atoms with Crippen LogP contribution in [-0.4, -0.2) is 48.9 Å². The Hall–Kier alpha value is -3.68. The number of anilines is 1. The number of carbonyl (C=O) groups is 4. The minimum absolute atomic E-state index is 0.213. The fourth-order valence-corrected chi connectivity index (χ4v) is 2.90. The van der Waals surface area contributed by atoms with Gasteiger partial charge < -0.3 is 15.4 Å². The summed E-state index contributed by atoms with van der Waals surface area (Å²) in [7, 11) is 1.28. The molecule has 0 radical (unpaired) electrons. The molecule has 1 heterocycles. The Kier molecular flexibility index (Phi) is 5.69. The molecule has 144 valence electrons. The SMILES string of the molecule is COC(=O)c1cccc(NC(=O)NCCCN2C(=O)c3ccccc3C2=O)c1. The van der Waals surface area contributed by atoms with Gasteiger partial charge in [0.05, 0.1) is 23.8 Å². The highest BCUT2D eigenvalue weighted by molar-refractivity contribution is 6.21. The van der Waals surface area contributed by atoms with Crippen molar-refractivity contribution in [1.29, 1.82) is 0 Å². The largest absolute Gasteiger partial charge is 0.465 e. The van der Waals surface area contributed by atoms with Crippen molar-refractivity contribution in [3.05, 3.63) is 65.2 Å². The van der Waals surface area contributed by atoms with Crippen LogP contribution in [0.1, 0.15) is 37.5 Å². The zero-order valence-corrected chi connectivity index (χ0v) is 15.2. The fraction of sp³-hybridized carbons (Fsp3) is 0.200. The third-order valence-electron chi connectivity index (χ3n) is 4.26. The molecule has 8 heteroatoms. The lowest BCUT2D eigenvalue weighted by Crippen LogP contribution is -2.35. The van der Waals surface area contributed by atoms with Crippen LogP contribution in [0.15, 0.2) is 48.5 Å². The van der Waals surface area contributed by atoms with Gasteiger partial charge in [0, 0.05) is 18.8 Å². The summed E-state index contributed by atoms with van der Waals surface area (Å²) in [5, 5.41) is 5.27. The molecule has 0 atom stereocenters. The van der Waals surface area contributed by atoms with E-state index in [-0.39, 0.29) is 24.9 Å². The van der Waals surface area contributed by atoms with Gasteiger partial charge in [-0.3, -0.25) is 14.5 Å². The number of nitrogens with zero attached hydrogens (tertiary/aromatic N) is 1. The summed E-state index contributed by atoms with van der Waals surface area (Å²) >= 11 is 0. The van der Waals surface area contributed by atoms with Crippen molar-refractivity contribution < 1.29 is 23.9 Å². The van der Waals surface area contributed by atoms with Crippen LogP contribution in [0.5, 0.6) is 0 Å². The zero-order chi connectivity index (χ0) is 20.1. The molecule has 0 saturated heterocycles. The average Bonchev–Trinajstić information content (AvgIpc) is 2.95. The minimum Gasteiger partial charge on any atom is -0.465 e. The van der Waals surface area contributed by atoms with Crippen molar-refractivity contribution in [2.24, 2.45) is 0 Å². The maximum absolute atomic E-state index is 12.3. The van der Waals surface area contributed by atoms with Gasteiger partial charge in [-0.1, -0.05) is 18.2 Å². The molecule has 4 amide bonds. The van der Waals surface area contributed by atoms with E-state index in [1.807, 2.05) is 0 Å². The number of benzene rings is 2. The number of hydrogen-bond acceptors (Lipinski definition) is 5. The normalized spacial score (nSPS) is 12.5. The third-order valence-corrected chi connectivity index (χ3v) is 4.26. The highest BCUT2D eigenvalue weighted by Gasteiger charge is 2.34. The number of amides is 4. The molecule has 28 heavy (non-hydrogen) atoms. The zero-order valence-electron chi connectivity index (χ0n) is 15.2. The van der Waals surface area contributed by atoms with E-state index in [1.54, 1.807) is 42.5 Å². The van der Waals surface area contributed by atoms with Gasteiger partial charge in [-0.2, -0.15) is 0 Å². The summed E-state index contributed by atoms with van der Waals surface area (Å²) in [6, 6.07) is 12.6. The molecule has 0 fully saturated rings. The van der Waals surface area contributed by atoms with E-state index in [9.17, 15) is 19.2 Å². The molecule has 0 aromatic heterocycles. The summed E-state index contributed by atoms with van der Waals surface area (Å²) in [6.45, 7) is 0.486. The van der Waals surface area contributed by atoms with E-state index < -0.39 is 12.0 Å². The number of hydrogen-bond donors (Lipinski definition) is 2. The molecular formula is C20H19N3O5. The summed E-state index contributed by atoms with van der Waals surface area (Å²) in [4.78, 5) is 49.2. The highest BCUT2D eigenvalue weighted by atomic mass is 16.5. The number of nitrogens with one attached hydrogen (secondary N) is 2. The molecule has 2 N–H and O–H groups in total. The second kappa shape index (κ2) is 8.34. The number of esters is 1. The lowest BCUT2D eigenvalue weighted by molar-refractivity contribution is 0.0598. The number of methoxy groups -OCH3 is 1. The lowest BCUT2D eigenvalue weighted by atomic mass is 10.1. The van der Waals surface area contributed by atoms with E-state index in [4.69, 9.17) is 0 Å². The second-order valence-corrected chi connectivity index (χ2v) is 6.11. The van der Waals surface area contributed by atoms with Crippen LogP contribution in [0.25, 0.3) is 0 Å². The van der Waals surface area contributed by atoms with E-state index in [0.717, 1.165) is 0 Å². The Morgan fingerprint density at radius 1 is 1.00 bits per heavy atom. The van der Waals surface area contributed by atoms with E-state index in [1.165, 1.54) is 18.1 Å². The number of imide groups is 1. The first-order valence-corrected chi connectivity index (χ1v) is 8.69. The van der Waals surface area contributed by atoms with E-state index in [2.05, 4.69) is 15.4 Å². The van der Waals surface area contributed by atoms with E-state index >= 15 is 0 Å². The predicted molar refractivity (Wildman–Crippen MR) is 101 cm³/mol. The minimum atomic E-state index is -0.495. The van der Waals surface area contributed by atoms with Gasteiger partial charge in [0.25, 0.3) is 11.8 Å². The Balaban J connectivity index is 1.46. The number of fused-ring (bicyclic) bond motifs is 1. The van der Waals surface area contributed by atoms with Crippen LogP contribution in [0.2, 0.25) is 0 Å². The topological polar surface area (TPSA) is 105 Å². The Morgan fingerprint density at radius 3 is 2.32 bits per heavy atom. The number of carbonyl (C=O) groups excluding carboxylic acids is 4. The van der Waals surface area contributed by atoms with Crippen molar-refractivity contribution in [2.45, 2.75) is 6.42 Å². The molecule has 0 unspecified atom stereocenters. The lowest BCUT2D eigenvalue weighted by Gasteiger charge is -2.14. The van der Waals surface area contributed by atoms with Gasteiger partial charge in [-0.15, -0.1) is 0 Å². The van der Waals surface area contributed by atoms with Crippen molar-refractivity contribution in [2.75, 3.05) is 25.5 Å². The molecule has 0 bridgehead atoms. The quantitative estimate of drug-likeness (QED) is 0.454. The first kappa shape index (κ1) is 19.1. The number of ether oxygens (including phenoxy) is 1. The van der Waals surface area contributed by atoms with Crippen LogP contribution >= 0.6 is 0 Å². The second-order valence-electron chi connectivity index (χ2n) is 6.11. The molecule has 8 nitrogen and oxygen atoms in total. The van der Waals surface area contributed by atoms with Crippen molar-refractivity contribution in [1.82, 2.24) is 10.2 Å². The van der Waals surface area contributed by atoms with Gasteiger partial charge in [0.1, 0.15) is 0 Å². The number of urea groups is 1. The molecule has 1 aliphatic rings. The van der Waals surface area contributed by atoms with Gasteiger partial charge in [-0.05, 0) is 36.8 Å². The molecular weight excluding hydrogens is 362 g/mol. The van der Waals surface area contributed by atoms with Crippen LogP contribution < -0.4 is 10.6 Å². The molecule has 1 aliphatic heterocycles. The summed E-state index contributed by atoms with van der Waals surface area (Å²) in [5.74, 6) is -1.13. The maximum Gasteiger partial charge on any atom is 0.337 e. The summed E-state index contributed by atoms with van der Waals surface area (Å²) in [6.07, 6.45) is 0.418. The first-order chi connectivity index (χ1) is 13.5. The average molecular weight is 381 g/mol. The third kappa shape index (κ3) is 4.01. The Labute approximate surface area is 161 Å². The van der Waals surface area contributed by atoms with Crippen molar-refractivity contribution in [3.63, 3.8) is 0 Å². The monoisotopic (exact) mass is 381 g/mol. The standard InChI is InChI=1S/C20H19N3O5/c1-28-19(26)13-6-4-7-14(12-13)22-20(27)21-10-5-11-23-17(24)15-8-2-3-9-16(15)18(23)25/h2-4,6-9,12H,5,10-11H2,1H3,(H2,21,22,27). The molecule has 3 rings (SSSR count). The molecule has 2 aromatic carbocycles. The van der Waals surface area contributed by atoms with Crippen molar-refractivity contribution in [3.8, 4) is 0 Å².